The van der Waals surface area contributed by atoms with Gasteiger partial charge in [-0.3, -0.25) is 0 Å². The van der Waals surface area contributed by atoms with Crippen LogP contribution in [0.4, 0.5) is 0 Å². The van der Waals surface area contributed by atoms with Crippen molar-refractivity contribution in [1.29, 1.82) is 0 Å². The second-order valence-corrected chi connectivity index (χ2v) is 16.2. The summed E-state index contributed by atoms with van der Waals surface area (Å²) in [7, 11) is 0. The van der Waals surface area contributed by atoms with E-state index in [0.29, 0.717) is 17.5 Å². The molecule has 0 bridgehead atoms. The summed E-state index contributed by atoms with van der Waals surface area (Å²) >= 11 is 0. The van der Waals surface area contributed by atoms with Crippen molar-refractivity contribution in [3.63, 3.8) is 0 Å². The first-order chi connectivity index (χ1) is 31.2. The van der Waals surface area contributed by atoms with Crippen LogP contribution < -0.4 is 0 Å². The molecule has 11 aromatic carbocycles. The van der Waals surface area contributed by atoms with Crippen LogP contribution in [-0.4, -0.2) is 15.0 Å². The summed E-state index contributed by atoms with van der Waals surface area (Å²) in [5.74, 6) is 1.74. The molecule has 0 aliphatic heterocycles. The Morgan fingerprint density at radius 1 is 0.238 bits per heavy atom. The van der Waals surface area contributed by atoms with Crippen LogP contribution in [0, 0.1) is 0 Å². The number of hydrogen-bond donors (Lipinski definition) is 0. The van der Waals surface area contributed by atoms with Crippen LogP contribution in [0.15, 0.2) is 217 Å². The minimum absolute atomic E-state index is 0.551. The normalized spacial score (nSPS) is 11.8. The molecular formula is C59H35N3O. The summed E-state index contributed by atoms with van der Waals surface area (Å²) < 4.78 is 6.60. The standard InChI is InChI=1S/C59H35N3O/c1-3-18-38-36(15-1)17-13-27-41(38)47-31-33-51(44-23-8-6-21-42(44)47)57-60-58(62-59(61-57)53-29-14-28-50-49-26-11-12-30-55(49)63-56(50)53)52-34-32-48(43-22-7-9-24-45(43)52)54-35-37-16-2-4-19-39(37)40-20-5-10-25-46(40)54/h1-35H. The molecule has 4 heteroatoms. The van der Waals surface area contributed by atoms with Crippen LogP contribution >= 0.6 is 0 Å². The number of hydrogen-bond acceptors (Lipinski definition) is 4. The lowest BCUT2D eigenvalue weighted by Crippen LogP contribution is -2.01. The van der Waals surface area contributed by atoms with Crippen molar-refractivity contribution in [2.24, 2.45) is 0 Å². The molecule has 0 unspecified atom stereocenters. The molecule has 0 aliphatic carbocycles. The number of rotatable bonds is 5. The van der Waals surface area contributed by atoms with Gasteiger partial charge >= 0.3 is 0 Å². The van der Waals surface area contributed by atoms with E-state index in [-0.39, 0.29) is 0 Å². The third kappa shape index (κ3) is 5.59. The van der Waals surface area contributed by atoms with Crippen LogP contribution in [0.2, 0.25) is 0 Å². The Bertz CT molecular complexity index is 3990. The molecule has 0 fully saturated rings. The van der Waals surface area contributed by atoms with Gasteiger partial charge in [-0.1, -0.05) is 182 Å². The number of para-hydroxylation sites is 2. The fraction of sp³-hybridized carbons (Fsp3) is 0. The molecule has 0 spiro atoms. The van der Waals surface area contributed by atoms with Crippen LogP contribution in [-0.2, 0) is 0 Å². The predicted molar refractivity (Wildman–Crippen MR) is 262 cm³/mol. The molecule has 0 atom stereocenters. The Balaban J connectivity index is 1.06. The molecule has 4 nitrogen and oxygen atoms in total. The number of benzene rings is 11. The van der Waals surface area contributed by atoms with Gasteiger partial charge in [0.05, 0.1) is 5.56 Å². The molecule has 13 aromatic rings. The maximum atomic E-state index is 6.60. The van der Waals surface area contributed by atoms with Gasteiger partial charge in [0.25, 0.3) is 0 Å². The van der Waals surface area contributed by atoms with Crippen LogP contribution in [0.1, 0.15) is 0 Å². The first-order valence-electron chi connectivity index (χ1n) is 21.4. The molecule has 0 N–H and O–H groups in total. The van der Waals surface area contributed by atoms with E-state index in [2.05, 4.69) is 194 Å². The van der Waals surface area contributed by atoms with Crippen molar-refractivity contribution in [1.82, 2.24) is 15.0 Å². The van der Waals surface area contributed by atoms with Gasteiger partial charge in [-0.2, -0.15) is 0 Å². The maximum absolute atomic E-state index is 6.60. The van der Waals surface area contributed by atoms with Gasteiger partial charge in [0, 0.05) is 21.9 Å². The first-order valence-corrected chi connectivity index (χ1v) is 21.4. The van der Waals surface area contributed by atoms with Gasteiger partial charge in [0.1, 0.15) is 11.2 Å². The van der Waals surface area contributed by atoms with E-state index in [0.717, 1.165) is 71.3 Å². The van der Waals surface area contributed by atoms with Gasteiger partial charge < -0.3 is 4.42 Å². The van der Waals surface area contributed by atoms with Gasteiger partial charge in [-0.05, 0) is 106 Å². The molecule has 0 saturated heterocycles. The van der Waals surface area contributed by atoms with Crippen molar-refractivity contribution in [2.75, 3.05) is 0 Å². The predicted octanol–water partition coefficient (Wildman–Crippen LogP) is 15.9. The average molecular weight is 802 g/mol. The highest BCUT2D eigenvalue weighted by Gasteiger charge is 2.22. The van der Waals surface area contributed by atoms with Crippen molar-refractivity contribution in [3.05, 3.63) is 212 Å². The Morgan fingerprint density at radius 3 is 1.30 bits per heavy atom. The second-order valence-electron chi connectivity index (χ2n) is 16.2. The Labute approximate surface area is 362 Å². The Morgan fingerprint density at radius 2 is 0.635 bits per heavy atom. The molecule has 2 heterocycles. The summed E-state index contributed by atoms with van der Waals surface area (Å²) in [6, 6.07) is 75.3. The van der Waals surface area contributed by atoms with Crippen LogP contribution in [0.5, 0.6) is 0 Å². The number of aromatic nitrogens is 3. The summed E-state index contributed by atoms with van der Waals surface area (Å²) in [5, 5.41) is 13.8. The molecule has 63 heavy (non-hydrogen) atoms. The zero-order valence-corrected chi connectivity index (χ0v) is 34.0. The highest BCUT2D eigenvalue weighted by molar-refractivity contribution is 6.17. The lowest BCUT2D eigenvalue weighted by molar-refractivity contribution is 0.669. The highest BCUT2D eigenvalue weighted by Crippen LogP contribution is 2.43. The zero-order chi connectivity index (χ0) is 41.4. The second kappa shape index (κ2) is 14.1. The van der Waals surface area contributed by atoms with Gasteiger partial charge in [-0.15, -0.1) is 0 Å². The van der Waals surface area contributed by atoms with Crippen LogP contribution in [0.25, 0.3) is 132 Å². The molecule has 0 amide bonds. The van der Waals surface area contributed by atoms with Crippen molar-refractivity contribution in [2.45, 2.75) is 0 Å². The van der Waals surface area contributed by atoms with E-state index in [4.69, 9.17) is 19.4 Å². The smallest absolute Gasteiger partial charge is 0.167 e. The lowest BCUT2D eigenvalue weighted by Gasteiger charge is -2.16. The quantitative estimate of drug-likeness (QED) is 0.163. The first kappa shape index (κ1) is 35.3. The number of nitrogens with zero attached hydrogens (tertiary/aromatic N) is 3. The largest absolute Gasteiger partial charge is 0.455 e. The van der Waals surface area contributed by atoms with Gasteiger partial charge in [0.15, 0.2) is 17.5 Å². The topological polar surface area (TPSA) is 51.8 Å². The van der Waals surface area contributed by atoms with Crippen LogP contribution in [0.3, 0.4) is 0 Å². The van der Waals surface area contributed by atoms with E-state index >= 15 is 0 Å². The average Bonchev–Trinajstić information content (AvgIpc) is 3.74. The van der Waals surface area contributed by atoms with Gasteiger partial charge in [-0.25, -0.2) is 15.0 Å². The highest BCUT2D eigenvalue weighted by atomic mass is 16.3. The summed E-state index contributed by atoms with van der Waals surface area (Å²) in [4.78, 5) is 16.1. The fourth-order valence-corrected chi connectivity index (χ4v) is 9.86. The Hall–Kier alpha value is -8.47. The molecule has 0 radical (unpaired) electrons. The van der Waals surface area contributed by atoms with Crippen molar-refractivity contribution < 1.29 is 4.42 Å². The van der Waals surface area contributed by atoms with Crippen molar-refractivity contribution >= 4 is 75.8 Å². The summed E-state index contributed by atoms with van der Waals surface area (Å²) in [5.41, 5.74) is 8.96. The third-order valence-electron chi connectivity index (χ3n) is 12.7. The van der Waals surface area contributed by atoms with E-state index in [1.807, 2.05) is 18.2 Å². The van der Waals surface area contributed by atoms with E-state index in [9.17, 15) is 0 Å². The molecular weight excluding hydrogens is 767 g/mol. The Kier molecular flexibility index (Phi) is 7.87. The van der Waals surface area contributed by atoms with Crippen molar-refractivity contribution in [3.8, 4) is 56.4 Å². The summed E-state index contributed by atoms with van der Waals surface area (Å²) in [6.45, 7) is 0. The monoisotopic (exact) mass is 801 g/mol. The molecule has 0 saturated carbocycles. The maximum Gasteiger partial charge on any atom is 0.167 e. The lowest BCUT2D eigenvalue weighted by atomic mass is 9.89. The minimum atomic E-state index is 0.551. The zero-order valence-electron chi connectivity index (χ0n) is 34.0. The summed E-state index contributed by atoms with van der Waals surface area (Å²) in [6.07, 6.45) is 0. The molecule has 13 rings (SSSR count). The fourth-order valence-electron chi connectivity index (χ4n) is 9.86. The molecule has 0 aliphatic rings. The number of fused-ring (bicyclic) bond motifs is 9. The van der Waals surface area contributed by atoms with E-state index in [1.165, 1.54) is 43.4 Å². The number of furan rings is 1. The van der Waals surface area contributed by atoms with E-state index < -0.39 is 0 Å². The SMILES string of the molecule is c1ccc2c(-c3ccc(-c4nc(-c5ccc(-c6cc7ccccc7c7ccccc67)c6ccccc56)nc(-c5cccc6c5oc5ccccc56)n4)c4ccccc34)cccc2c1. The van der Waals surface area contributed by atoms with Gasteiger partial charge in [0.2, 0.25) is 0 Å². The molecule has 292 valence electrons. The molecule has 2 aromatic heterocycles. The third-order valence-corrected chi connectivity index (χ3v) is 12.7. The van der Waals surface area contributed by atoms with E-state index in [1.54, 1.807) is 0 Å². The minimum Gasteiger partial charge on any atom is -0.455 e.